The predicted octanol–water partition coefficient (Wildman–Crippen LogP) is 3.08. The van der Waals surface area contributed by atoms with Gasteiger partial charge in [0.1, 0.15) is 11.0 Å². The molecule has 11 heavy (non-hydrogen) atoms. The van der Waals surface area contributed by atoms with Gasteiger partial charge in [-0.05, 0) is 6.07 Å². The minimum atomic E-state index is -0.734. The summed E-state index contributed by atoms with van der Waals surface area (Å²) in [6.07, 6.45) is 0. The van der Waals surface area contributed by atoms with Gasteiger partial charge < -0.3 is 0 Å². The van der Waals surface area contributed by atoms with Gasteiger partial charge in [0, 0.05) is 0 Å². The maximum atomic E-state index is 12.5. The summed E-state index contributed by atoms with van der Waals surface area (Å²) in [5, 5.41) is -0.395. The van der Waals surface area contributed by atoms with Gasteiger partial charge in [0.2, 0.25) is 5.69 Å². The molecule has 1 aromatic rings. The van der Waals surface area contributed by atoms with Gasteiger partial charge in [-0.1, -0.05) is 23.2 Å². The maximum absolute atomic E-state index is 12.5. The number of aromatic nitrogens is 1. The lowest BCUT2D eigenvalue weighted by Crippen LogP contribution is -1.82. The molecule has 1 heterocycles. The van der Waals surface area contributed by atoms with Crippen molar-refractivity contribution in [3.8, 4) is 0 Å². The van der Waals surface area contributed by atoms with Gasteiger partial charge in [0.25, 0.3) is 0 Å². The lowest BCUT2D eigenvalue weighted by atomic mass is 10.4. The van der Waals surface area contributed by atoms with Crippen LogP contribution in [-0.4, -0.2) is 4.98 Å². The molecule has 0 aliphatic heterocycles. The van der Waals surface area contributed by atoms with Crippen LogP contribution in [0.2, 0.25) is 10.3 Å². The Kier molecular flexibility index (Phi) is 2.28. The maximum Gasteiger partial charge on any atom is 0.226 e. The minimum absolute atomic E-state index is 0.0337. The van der Waals surface area contributed by atoms with Crippen molar-refractivity contribution in [2.75, 3.05) is 0 Å². The zero-order valence-corrected chi connectivity index (χ0v) is 6.62. The molecule has 0 bridgehead atoms. The first-order valence-electron chi connectivity index (χ1n) is 2.54. The predicted molar refractivity (Wildman–Crippen MR) is 40.5 cm³/mol. The Morgan fingerprint density at radius 2 is 2.09 bits per heavy atom. The summed E-state index contributed by atoms with van der Waals surface area (Å²) in [6.45, 7) is 6.54. The van der Waals surface area contributed by atoms with Crippen LogP contribution in [0.5, 0.6) is 0 Å². The van der Waals surface area contributed by atoms with Crippen LogP contribution >= 0.6 is 23.2 Å². The molecule has 0 fully saturated rings. The Balaban J connectivity index is 3.35. The highest BCUT2D eigenvalue weighted by atomic mass is 35.5. The molecule has 0 spiro atoms. The van der Waals surface area contributed by atoms with Crippen LogP contribution in [0.25, 0.3) is 4.85 Å². The first-order chi connectivity index (χ1) is 5.15. The van der Waals surface area contributed by atoms with Crippen LogP contribution in [0, 0.1) is 12.4 Å². The number of nitrogens with zero attached hydrogens (tertiary/aromatic N) is 2. The highest BCUT2D eigenvalue weighted by Gasteiger charge is 2.07. The van der Waals surface area contributed by atoms with Gasteiger partial charge in [-0.2, -0.15) is 0 Å². The Bertz CT molecular complexity index is 332. The number of rotatable bonds is 0. The van der Waals surface area contributed by atoms with Crippen molar-refractivity contribution < 1.29 is 4.39 Å². The standard InChI is InChI=1S/C6HCl2FN2/c1-10-4-2-3(9)5(7)11-6(4)8/h2H. The van der Waals surface area contributed by atoms with Crippen molar-refractivity contribution in [1.82, 2.24) is 4.98 Å². The van der Waals surface area contributed by atoms with Gasteiger partial charge in [-0.15, -0.1) is 0 Å². The van der Waals surface area contributed by atoms with Crippen molar-refractivity contribution in [1.29, 1.82) is 0 Å². The fourth-order valence-electron chi connectivity index (χ4n) is 0.514. The third-order valence-corrected chi connectivity index (χ3v) is 1.53. The van der Waals surface area contributed by atoms with E-state index >= 15 is 0 Å². The van der Waals surface area contributed by atoms with Crippen LogP contribution in [0.15, 0.2) is 6.07 Å². The molecule has 0 unspecified atom stereocenters. The summed E-state index contributed by atoms with van der Waals surface area (Å²) in [6, 6.07) is 0.949. The fraction of sp³-hybridized carbons (Fsp3) is 0. The van der Waals surface area contributed by atoms with E-state index in [2.05, 4.69) is 9.83 Å². The molecule has 0 atom stereocenters. The zero-order valence-electron chi connectivity index (χ0n) is 5.11. The average Bonchev–Trinajstić information content (AvgIpc) is 1.97. The number of hydrogen-bond donors (Lipinski definition) is 0. The number of halogens is 3. The van der Waals surface area contributed by atoms with Gasteiger partial charge in [-0.25, -0.2) is 14.2 Å². The lowest BCUT2D eigenvalue weighted by molar-refractivity contribution is 0.623. The summed E-state index contributed by atoms with van der Waals surface area (Å²) in [5.74, 6) is -0.734. The van der Waals surface area contributed by atoms with Gasteiger partial charge in [0.15, 0.2) is 5.15 Å². The molecule has 0 aliphatic carbocycles. The molecule has 0 aromatic carbocycles. The fourth-order valence-corrected chi connectivity index (χ4v) is 0.878. The third kappa shape index (κ3) is 1.59. The minimum Gasteiger partial charge on any atom is -0.235 e. The van der Waals surface area contributed by atoms with Crippen LogP contribution in [0.3, 0.4) is 0 Å². The first kappa shape index (κ1) is 8.25. The van der Waals surface area contributed by atoms with Crippen molar-refractivity contribution in [3.05, 3.63) is 33.6 Å². The molecule has 5 heteroatoms. The normalized spacial score (nSPS) is 9.27. The van der Waals surface area contributed by atoms with Gasteiger partial charge in [-0.3, -0.25) is 0 Å². The third-order valence-electron chi connectivity index (χ3n) is 0.989. The smallest absolute Gasteiger partial charge is 0.226 e. The summed E-state index contributed by atoms with van der Waals surface area (Å²) in [4.78, 5) is 6.32. The molecule has 1 aromatic heterocycles. The van der Waals surface area contributed by atoms with Crippen LogP contribution in [0.4, 0.5) is 10.1 Å². The van der Waals surface area contributed by atoms with Crippen molar-refractivity contribution in [3.63, 3.8) is 0 Å². The molecule has 0 radical (unpaired) electrons. The highest BCUT2D eigenvalue weighted by molar-refractivity contribution is 6.34. The van der Waals surface area contributed by atoms with E-state index in [4.69, 9.17) is 29.8 Å². The zero-order chi connectivity index (χ0) is 8.43. The molecular weight excluding hydrogens is 190 g/mol. The van der Waals surface area contributed by atoms with E-state index in [9.17, 15) is 4.39 Å². The molecule has 0 saturated heterocycles. The largest absolute Gasteiger partial charge is 0.235 e. The Morgan fingerprint density at radius 1 is 1.45 bits per heavy atom. The monoisotopic (exact) mass is 190 g/mol. The van der Waals surface area contributed by atoms with E-state index in [1.165, 1.54) is 0 Å². The number of hydrogen-bond acceptors (Lipinski definition) is 1. The SMILES string of the molecule is [C-]#[N+]c1cc(F)c(Cl)nc1Cl. The highest BCUT2D eigenvalue weighted by Crippen LogP contribution is 2.26. The van der Waals surface area contributed by atoms with E-state index in [1.54, 1.807) is 0 Å². The van der Waals surface area contributed by atoms with Crippen molar-refractivity contribution in [2.24, 2.45) is 0 Å². The average molecular weight is 191 g/mol. The molecule has 56 valence electrons. The van der Waals surface area contributed by atoms with Gasteiger partial charge >= 0.3 is 0 Å². The van der Waals surface area contributed by atoms with Crippen molar-refractivity contribution >= 4 is 28.9 Å². The molecule has 0 saturated carbocycles. The van der Waals surface area contributed by atoms with E-state index in [-0.39, 0.29) is 16.0 Å². The number of pyridine rings is 1. The molecule has 1 rings (SSSR count). The summed E-state index contributed by atoms with van der Waals surface area (Å²) >= 11 is 10.7. The molecular formula is C6HCl2FN2. The van der Waals surface area contributed by atoms with E-state index in [1.807, 2.05) is 0 Å². The van der Waals surface area contributed by atoms with Crippen LogP contribution < -0.4 is 0 Å². The van der Waals surface area contributed by atoms with Gasteiger partial charge in [0.05, 0.1) is 6.57 Å². The molecule has 2 nitrogen and oxygen atoms in total. The molecule has 0 N–H and O–H groups in total. The van der Waals surface area contributed by atoms with Crippen LogP contribution in [0.1, 0.15) is 0 Å². The second-order valence-corrected chi connectivity index (χ2v) is 2.40. The van der Waals surface area contributed by atoms with E-state index in [0.717, 1.165) is 6.07 Å². The Labute approximate surface area is 72.4 Å². The summed E-state index contributed by atoms with van der Waals surface area (Å²) in [7, 11) is 0. The lowest BCUT2D eigenvalue weighted by Gasteiger charge is -1.95. The quantitative estimate of drug-likeness (QED) is 0.454. The second-order valence-electron chi connectivity index (χ2n) is 1.68. The summed E-state index contributed by atoms with van der Waals surface area (Å²) < 4.78 is 12.5. The Morgan fingerprint density at radius 3 is 2.64 bits per heavy atom. The first-order valence-corrected chi connectivity index (χ1v) is 3.29. The Hall–Kier alpha value is -0.850. The second kappa shape index (κ2) is 3.04. The van der Waals surface area contributed by atoms with Crippen LogP contribution in [-0.2, 0) is 0 Å². The molecule has 0 amide bonds. The van der Waals surface area contributed by atoms with E-state index < -0.39 is 5.82 Å². The molecule has 0 aliphatic rings. The van der Waals surface area contributed by atoms with E-state index in [0.29, 0.717) is 0 Å². The van der Waals surface area contributed by atoms with Crippen molar-refractivity contribution in [2.45, 2.75) is 0 Å². The topological polar surface area (TPSA) is 17.2 Å². The summed E-state index contributed by atoms with van der Waals surface area (Å²) in [5.41, 5.74) is -0.0337.